The summed E-state index contributed by atoms with van der Waals surface area (Å²) >= 11 is 1.32. The van der Waals surface area contributed by atoms with Crippen LogP contribution in [0.25, 0.3) is 0 Å². The molecule has 0 aromatic carbocycles. The Morgan fingerprint density at radius 3 is 2.82 bits per heavy atom. The topological polar surface area (TPSA) is 55.1 Å². The Labute approximate surface area is 105 Å². The van der Waals surface area contributed by atoms with E-state index in [9.17, 15) is 4.79 Å². The smallest absolute Gasteiger partial charge is 0.313 e. The van der Waals surface area contributed by atoms with Gasteiger partial charge in [0, 0.05) is 11.7 Å². The second-order valence-corrected chi connectivity index (χ2v) is 5.59. The molecule has 1 fully saturated rings. The Balaban J connectivity index is 2.23. The van der Waals surface area contributed by atoms with Crippen LogP contribution >= 0.6 is 11.8 Å². The van der Waals surface area contributed by atoms with Crippen LogP contribution in [0.5, 0.6) is 0 Å². The second-order valence-electron chi connectivity index (χ2n) is 4.65. The Hall–Kier alpha value is -0.970. The number of hydrogen-bond donors (Lipinski definition) is 1. The molecule has 1 aliphatic rings. The van der Waals surface area contributed by atoms with Crippen molar-refractivity contribution in [1.82, 2.24) is 9.55 Å². The zero-order valence-corrected chi connectivity index (χ0v) is 11.1. The van der Waals surface area contributed by atoms with E-state index in [1.807, 2.05) is 6.92 Å². The fourth-order valence-electron chi connectivity index (χ4n) is 2.39. The van der Waals surface area contributed by atoms with Crippen LogP contribution in [0.1, 0.15) is 38.3 Å². The van der Waals surface area contributed by atoms with E-state index in [-0.39, 0.29) is 11.3 Å². The number of aromatic nitrogens is 2. The maximum atomic E-state index is 10.6. The lowest BCUT2D eigenvalue weighted by Gasteiger charge is -2.43. The molecular weight excluding hydrogens is 236 g/mol. The highest BCUT2D eigenvalue weighted by Crippen LogP contribution is 2.44. The average Bonchev–Trinajstić information content (AvgIpc) is 2.56. The number of aliphatic carboxylic acids is 1. The number of carbonyl (C=O) groups is 1. The van der Waals surface area contributed by atoms with Gasteiger partial charge in [0.1, 0.15) is 0 Å². The SMILES string of the molecule is CCC1(n2cc(C)nc2SCC(=O)O)CCC1. The Morgan fingerprint density at radius 1 is 1.65 bits per heavy atom. The van der Waals surface area contributed by atoms with Crippen LogP contribution in [0.2, 0.25) is 0 Å². The zero-order valence-electron chi connectivity index (χ0n) is 10.3. The highest BCUT2D eigenvalue weighted by atomic mass is 32.2. The molecule has 0 saturated heterocycles. The first-order valence-corrected chi connectivity index (χ1v) is 6.97. The van der Waals surface area contributed by atoms with Gasteiger partial charge >= 0.3 is 5.97 Å². The standard InChI is InChI=1S/C12H18N2O2S/c1-3-12(5-4-6-12)14-7-9(2)13-11(14)17-8-10(15)16/h7H,3-6,8H2,1-2H3,(H,15,16). The summed E-state index contributed by atoms with van der Waals surface area (Å²) in [6, 6.07) is 0. The van der Waals surface area contributed by atoms with E-state index in [0.29, 0.717) is 0 Å². The van der Waals surface area contributed by atoms with Gasteiger partial charge in [0.05, 0.1) is 11.4 Å². The third-order valence-corrected chi connectivity index (χ3v) is 4.51. The van der Waals surface area contributed by atoms with E-state index in [4.69, 9.17) is 5.11 Å². The molecule has 1 aromatic heterocycles. The Bertz CT molecular complexity index is 419. The van der Waals surface area contributed by atoms with Crippen molar-refractivity contribution < 1.29 is 9.90 Å². The lowest BCUT2D eigenvalue weighted by molar-refractivity contribution is -0.133. The zero-order chi connectivity index (χ0) is 12.5. The van der Waals surface area contributed by atoms with Crippen molar-refractivity contribution in [3.8, 4) is 0 Å². The van der Waals surface area contributed by atoms with Gasteiger partial charge in [-0.05, 0) is 32.6 Å². The maximum absolute atomic E-state index is 10.6. The molecule has 1 saturated carbocycles. The number of nitrogens with zero attached hydrogens (tertiary/aromatic N) is 2. The van der Waals surface area contributed by atoms with E-state index < -0.39 is 5.97 Å². The van der Waals surface area contributed by atoms with Crippen LogP contribution in [-0.4, -0.2) is 26.4 Å². The maximum Gasteiger partial charge on any atom is 0.313 e. The lowest BCUT2D eigenvalue weighted by Crippen LogP contribution is -2.40. The van der Waals surface area contributed by atoms with Crippen molar-refractivity contribution in [2.45, 2.75) is 50.2 Å². The van der Waals surface area contributed by atoms with Crippen LogP contribution in [0, 0.1) is 6.92 Å². The Kier molecular flexibility index (Phi) is 3.47. The van der Waals surface area contributed by atoms with Crippen molar-refractivity contribution >= 4 is 17.7 Å². The van der Waals surface area contributed by atoms with E-state index in [1.165, 1.54) is 31.0 Å². The summed E-state index contributed by atoms with van der Waals surface area (Å²) in [5.74, 6) is -0.711. The second kappa shape index (κ2) is 4.72. The van der Waals surface area contributed by atoms with E-state index in [1.54, 1.807) is 0 Å². The van der Waals surface area contributed by atoms with Gasteiger partial charge in [-0.3, -0.25) is 4.79 Å². The summed E-state index contributed by atoms with van der Waals surface area (Å²) in [5.41, 5.74) is 1.17. The molecule has 0 atom stereocenters. The van der Waals surface area contributed by atoms with Crippen LogP contribution in [-0.2, 0) is 10.3 Å². The molecular formula is C12H18N2O2S. The third-order valence-electron chi connectivity index (χ3n) is 3.57. The molecule has 0 bridgehead atoms. The van der Waals surface area contributed by atoms with Crippen molar-refractivity contribution in [2.75, 3.05) is 5.75 Å². The van der Waals surface area contributed by atoms with Gasteiger partial charge in [-0.2, -0.15) is 0 Å². The van der Waals surface area contributed by atoms with E-state index >= 15 is 0 Å². The monoisotopic (exact) mass is 254 g/mol. The molecule has 1 heterocycles. The van der Waals surface area contributed by atoms with Gasteiger partial charge in [0.25, 0.3) is 0 Å². The van der Waals surface area contributed by atoms with Crippen molar-refractivity contribution in [3.05, 3.63) is 11.9 Å². The van der Waals surface area contributed by atoms with E-state index in [2.05, 4.69) is 22.7 Å². The fraction of sp³-hybridized carbons (Fsp3) is 0.667. The molecule has 1 aliphatic carbocycles. The molecule has 17 heavy (non-hydrogen) atoms. The first-order chi connectivity index (χ1) is 8.07. The quantitative estimate of drug-likeness (QED) is 0.821. The summed E-state index contributed by atoms with van der Waals surface area (Å²) in [7, 11) is 0. The minimum atomic E-state index is -0.790. The number of hydrogen-bond acceptors (Lipinski definition) is 3. The molecule has 1 aromatic rings. The van der Waals surface area contributed by atoms with Crippen molar-refractivity contribution in [1.29, 1.82) is 0 Å². The molecule has 4 nitrogen and oxygen atoms in total. The summed E-state index contributed by atoms with van der Waals surface area (Å²) in [5, 5.41) is 9.60. The Morgan fingerprint density at radius 2 is 2.35 bits per heavy atom. The van der Waals surface area contributed by atoms with Crippen molar-refractivity contribution in [3.63, 3.8) is 0 Å². The van der Waals surface area contributed by atoms with Crippen LogP contribution in [0.3, 0.4) is 0 Å². The molecule has 2 rings (SSSR count). The average molecular weight is 254 g/mol. The molecule has 0 aliphatic heterocycles. The number of aryl methyl sites for hydroxylation is 1. The van der Waals surface area contributed by atoms with Crippen LogP contribution < -0.4 is 0 Å². The van der Waals surface area contributed by atoms with Crippen LogP contribution in [0.4, 0.5) is 0 Å². The highest BCUT2D eigenvalue weighted by molar-refractivity contribution is 7.99. The minimum Gasteiger partial charge on any atom is -0.481 e. The number of imidazole rings is 1. The van der Waals surface area contributed by atoms with Gasteiger partial charge < -0.3 is 9.67 Å². The molecule has 0 unspecified atom stereocenters. The number of rotatable bonds is 5. The van der Waals surface area contributed by atoms with Gasteiger partial charge in [-0.1, -0.05) is 18.7 Å². The normalized spacial score (nSPS) is 17.8. The van der Waals surface area contributed by atoms with Gasteiger partial charge in [0.2, 0.25) is 0 Å². The van der Waals surface area contributed by atoms with Crippen LogP contribution in [0.15, 0.2) is 11.4 Å². The highest BCUT2D eigenvalue weighted by Gasteiger charge is 2.38. The molecule has 94 valence electrons. The largest absolute Gasteiger partial charge is 0.481 e. The molecule has 1 N–H and O–H groups in total. The third kappa shape index (κ3) is 2.34. The first kappa shape index (κ1) is 12.5. The van der Waals surface area contributed by atoms with E-state index in [0.717, 1.165) is 17.3 Å². The summed E-state index contributed by atoms with van der Waals surface area (Å²) in [6.07, 6.45) is 6.77. The number of thioether (sulfide) groups is 1. The first-order valence-electron chi connectivity index (χ1n) is 5.98. The molecule has 0 spiro atoms. The number of carboxylic acid groups (broad SMARTS) is 1. The van der Waals surface area contributed by atoms with Gasteiger partial charge in [0.15, 0.2) is 5.16 Å². The summed E-state index contributed by atoms with van der Waals surface area (Å²) in [6.45, 7) is 4.16. The molecule has 0 amide bonds. The molecule has 0 radical (unpaired) electrons. The lowest BCUT2D eigenvalue weighted by atomic mass is 9.74. The summed E-state index contributed by atoms with van der Waals surface area (Å²) < 4.78 is 2.21. The summed E-state index contributed by atoms with van der Waals surface area (Å²) in [4.78, 5) is 15.1. The predicted molar refractivity (Wildman–Crippen MR) is 67.4 cm³/mol. The van der Waals surface area contributed by atoms with Crippen molar-refractivity contribution in [2.24, 2.45) is 0 Å². The fourth-order valence-corrected chi connectivity index (χ4v) is 3.24. The number of carboxylic acids is 1. The van der Waals surface area contributed by atoms with Gasteiger partial charge in [-0.15, -0.1) is 0 Å². The predicted octanol–water partition coefficient (Wildman–Crippen LogP) is 2.66. The van der Waals surface area contributed by atoms with Gasteiger partial charge in [-0.25, -0.2) is 4.98 Å². The molecule has 5 heteroatoms. The minimum absolute atomic E-state index is 0.0796.